The molecule has 1 fully saturated rings. The van der Waals surface area contributed by atoms with E-state index in [1.807, 2.05) is 18.2 Å². The van der Waals surface area contributed by atoms with Gasteiger partial charge in [0.2, 0.25) is 5.91 Å². The number of pyridine rings is 1. The molecule has 2 atom stereocenters. The molecule has 0 saturated carbocycles. The maximum Gasteiger partial charge on any atom is 0.413 e. The van der Waals surface area contributed by atoms with Crippen molar-refractivity contribution in [1.29, 1.82) is 0 Å². The van der Waals surface area contributed by atoms with Crippen molar-refractivity contribution in [2.45, 2.75) is 65.5 Å². The SMILES string of the molecule is Cc1cc(NC(=O)C(=O)N2C[C@H](C)CC[C@H]2c2ccc3c(c2)CC(=O)N3)cnc1NC(=O)OC(C)(C)C. The van der Waals surface area contributed by atoms with Crippen LogP contribution in [0.25, 0.3) is 0 Å². The summed E-state index contributed by atoms with van der Waals surface area (Å²) in [6, 6.07) is 7.10. The molecular formula is C27H33N5O5. The van der Waals surface area contributed by atoms with E-state index in [0.717, 1.165) is 29.7 Å². The summed E-state index contributed by atoms with van der Waals surface area (Å²) in [5.41, 5.74) is 2.90. The summed E-state index contributed by atoms with van der Waals surface area (Å²) in [6.07, 6.45) is 2.72. The van der Waals surface area contributed by atoms with Gasteiger partial charge in [0.05, 0.1) is 24.3 Å². The lowest BCUT2D eigenvalue weighted by Gasteiger charge is -2.38. The number of ether oxygens (including phenoxy) is 1. The van der Waals surface area contributed by atoms with Crippen molar-refractivity contribution in [3.8, 4) is 0 Å². The van der Waals surface area contributed by atoms with Crippen molar-refractivity contribution in [3.05, 3.63) is 47.2 Å². The number of piperidine rings is 1. The molecule has 3 heterocycles. The predicted octanol–water partition coefficient (Wildman–Crippen LogP) is 4.17. The van der Waals surface area contributed by atoms with Crippen molar-refractivity contribution < 1.29 is 23.9 Å². The molecule has 37 heavy (non-hydrogen) atoms. The molecule has 1 aromatic carbocycles. The maximum absolute atomic E-state index is 13.3. The highest BCUT2D eigenvalue weighted by Gasteiger charge is 2.35. The summed E-state index contributed by atoms with van der Waals surface area (Å²) in [5, 5.41) is 8.05. The highest BCUT2D eigenvalue weighted by Crippen LogP contribution is 2.36. The van der Waals surface area contributed by atoms with Crippen molar-refractivity contribution in [1.82, 2.24) is 9.88 Å². The summed E-state index contributed by atoms with van der Waals surface area (Å²) >= 11 is 0. The fraction of sp³-hybridized carbons (Fsp3) is 0.444. The number of nitrogens with zero attached hydrogens (tertiary/aromatic N) is 2. The number of hydrogen-bond donors (Lipinski definition) is 3. The van der Waals surface area contributed by atoms with Gasteiger partial charge in [-0.15, -0.1) is 0 Å². The van der Waals surface area contributed by atoms with E-state index >= 15 is 0 Å². The van der Waals surface area contributed by atoms with Crippen LogP contribution in [0.15, 0.2) is 30.5 Å². The Morgan fingerprint density at radius 1 is 1.14 bits per heavy atom. The number of carbonyl (C=O) groups is 4. The summed E-state index contributed by atoms with van der Waals surface area (Å²) < 4.78 is 5.24. The lowest BCUT2D eigenvalue weighted by Crippen LogP contribution is -2.46. The zero-order chi connectivity index (χ0) is 26.9. The first kappa shape index (κ1) is 26.1. The third-order valence-corrected chi connectivity index (χ3v) is 6.37. The highest BCUT2D eigenvalue weighted by atomic mass is 16.6. The number of rotatable bonds is 3. The molecule has 2 aliphatic rings. The van der Waals surface area contributed by atoms with Crippen LogP contribution in [0.3, 0.4) is 0 Å². The van der Waals surface area contributed by atoms with E-state index in [-0.39, 0.29) is 17.9 Å². The van der Waals surface area contributed by atoms with Gasteiger partial charge in [0.25, 0.3) is 0 Å². The van der Waals surface area contributed by atoms with E-state index in [2.05, 4.69) is 27.9 Å². The van der Waals surface area contributed by atoms with Gasteiger partial charge in [-0.25, -0.2) is 9.78 Å². The Balaban J connectivity index is 1.46. The maximum atomic E-state index is 13.3. The summed E-state index contributed by atoms with van der Waals surface area (Å²) in [6.45, 7) is 9.54. The number of amides is 4. The fourth-order valence-corrected chi connectivity index (χ4v) is 4.67. The molecule has 4 amide bonds. The molecule has 2 aliphatic heterocycles. The van der Waals surface area contributed by atoms with E-state index < -0.39 is 23.5 Å². The minimum Gasteiger partial charge on any atom is -0.444 e. The molecule has 196 valence electrons. The average Bonchev–Trinajstić information content (AvgIpc) is 3.18. The lowest BCUT2D eigenvalue weighted by molar-refractivity contribution is -0.146. The van der Waals surface area contributed by atoms with Crippen molar-refractivity contribution >= 4 is 41.0 Å². The molecular weight excluding hydrogens is 474 g/mol. The van der Waals surface area contributed by atoms with Crippen LogP contribution < -0.4 is 16.0 Å². The Hall–Kier alpha value is -3.95. The number of nitrogens with one attached hydrogen (secondary N) is 3. The minimum absolute atomic E-state index is 0.0482. The molecule has 0 radical (unpaired) electrons. The van der Waals surface area contributed by atoms with Crippen molar-refractivity contribution in [2.24, 2.45) is 5.92 Å². The van der Waals surface area contributed by atoms with Gasteiger partial charge in [0.15, 0.2) is 0 Å². The number of carbonyl (C=O) groups excluding carboxylic acids is 4. The number of aryl methyl sites for hydroxylation is 1. The van der Waals surface area contributed by atoms with E-state index in [0.29, 0.717) is 30.0 Å². The second-order valence-corrected chi connectivity index (χ2v) is 10.8. The predicted molar refractivity (Wildman–Crippen MR) is 139 cm³/mol. The Labute approximate surface area is 216 Å². The third kappa shape index (κ3) is 6.25. The van der Waals surface area contributed by atoms with Gasteiger partial charge in [-0.05, 0) is 75.3 Å². The van der Waals surface area contributed by atoms with Crippen LogP contribution >= 0.6 is 0 Å². The monoisotopic (exact) mass is 507 g/mol. The number of anilines is 3. The first-order valence-corrected chi connectivity index (χ1v) is 12.4. The van der Waals surface area contributed by atoms with Gasteiger partial charge >= 0.3 is 17.9 Å². The molecule has 1 saturated heterocycles. The smallest absolute Gasteiger partial charge is 0.413 e. The van der Waals surface area contributed by atoms with Crippen LogP contribution in [0.5, 0.6) is 0 Å². The molecule has 10 nitrogen and oxygen atoms in total. The summed E-state index contributed by atoms with van der Waals surface area (Å²) in [5.74, 6) is -0.875. The highest BCUT2D eigenvalue weighted by molar-refractivity contribution is 6.39. The zero-order valence-corrected chi connectivity index (χ0v) is 21.8. The van der Waals surface area contributed by atoms with Gasteiger partial charge < -0.3 is 20.3 Å². The summed E-state index contributed by atoms with van der Waals surface area (Å²) in [7, 11) is 0. The molecule has 0 aliphatic carbocycles. The molecule has 0 bridgehead atoms. The van der Waals surface area contributed by atoms with Gasteiger partial charge in [-0.2, -0.15) is 0 Å². The first-order chi connectivity index (χ1) is 17.4. The van der Waals surface area contributed by atoms with Crippen LogP contribution in [0.2, 0.25) is 0 Å². The number of fused-ring (bicyclic) bond motifs is 1. The summed E-state index contributed by atoms with van der Waals surface area (Å²) in [4.78, 5) is 55.9. The largest absolute Gasteiger partial charge is 0.444 e. The first-order valence-electron chi connectivity index (χ1n) is 12.4. The Bertz CT molecular complexity index is 1250. The number of hydrogen-bond acceptors (Lipinski definition) is 6. The van der Waals surface area contributed by atoms with E-state index in [9.17, 15) is 19.2 Å². The minimum atomic E-state index is -0.758. The second kappa shape index (κ2) is 10.2. The zero-order valence-electron chi connectivity index (χ0n) is 21.8. The number of likely N-dealkylation sites (tertiary alicyclic amines) is 1. The number of aromatic nitrogens is 1. The van der Waals surface area contributed by atoms with Crippen molar-refractivity contribution in [3.63, 3.8) is 0 Å². The van der Waals surface area contributed by atoms with Gasteiger partial charge in [0.1, 0.15) is 11.4 Å². The van der Waals surface area contributed by atoms with E-state index in [4.69, 9.17) is 4.74 Å². The molecule has 10 heteroatoms. The van der Waals surface area contributed by atoms with Crippen LogP contribution in [0.4, 0.5) is 22.0 Å². The Kier molecular flexibility index (Phi) is 7.20. The number of benzene rings is 1. The molecule has 1 aromatic heterocycles. The standard InChI is InChI=1S/C27H33N5O5/c1-15-6-9-21(17-7-8-20-18(11-17)12-22(33)30-20)32(14-15)25(35)24(34)29-19-10-16(2)23(28-13-19)31-26(36)37-27(3,4)5/h7-8,10-11,13,15,21H,6,9,12,14H2,1-5H3,(H,29,34)(H,30,33)(H,28,31,36)/t15-,21+/m1/s1. The van der Waals surface area contributed by atoms with E-state index in [1.54, 1.807) is 38.7 Å². The van der Waals surface area contributed by atoms with Gasteiger partial charge in [0, 0.05) is 12.2 Å². The van der Waals surface area contributed by atoms with Crippen LogP contribution in [-0.4, -0.2) is 45.8 Å². The van der Waals surface area contributed by atoms with Gasteiger partial charge in [-0.3, -0.25) is 19.7 Å². The van der Waals surface area contributed by atoms with Gasteiger partial charge in [-0.1, -0.05) is 19.1 Å². The molecule has 4 rings (SSSR count). The Morgan fingerprint density at radius 2 is 1.89 bits per heavy atom. The van der Waals surface area contributed by atoms with Crippen LogP contribution in [0, 0.1) is 12.8 Å². The second-order valence-electron chi connectivity index (χ2n) is 10.8. The Morgan fingerprint density at radius 3 is 2.59 bits per heavy atom. The topological polar surface area (TPSA) is 130 Å². The molecule has 2 aromatic rings. The van der Waals surface area contributed by atoms with Crippen molar-refractivity contribution in [2.75, 3.05) is 22.5 Å². The molecule has 0 spiro atoms. The average molecular weight is 508 g/mol. The normalized spacial score (nSPS) is 19.1. The lowest BCUT2D eigenvalue weighted by atomic mass is 9.89. The van der Waals surface area contributed by atoms with E-state index in [1.165, 1.54) is 6.20 Å². The third-order valence-electron chi connectivity index (χ3n) is 6.37. The van der Waals surface area contributed by atoms with Crippen LogP contribution in [-0.2, 0) is 25.5 Å². The quantitative estimate of drug-likeness (QED) is 0.535. The fourth-order valence-electron chi connectivity index (χ4n) is 4.67. The molecule has 0 unspecified atom stereocenters. The molecule has 3 N–H and O–H groups in total. The van der Waals surface area contributed by atoms with Crippen LogP contribution in [0.1, 0.15) is 63.3 Å².